The van der Waals surface area contributed by atoms with E-state index >= 15 is 0 Å². The van der Waals surface area contributed by atoms with Gasteiger partial charge in [0.15, 0.2) is 0 Å². The zero-order valence-corrected chi connectivity index (χ0v) is 12.3. The Balaban J connectivity index is 1.64. The Bertz CT molecular complexity index is 473. The van der Waals surface area contributed by atoms with E-state index in [1.165, 1.54) is 24.6 Å². The normalized spacial score (nSPS) is 24.9. The number of hydrogen-bond acceptors (Lipinski definition) is 6. The highest BCUT2D eigenvalue weighted by atomic mass is 32.2. The van der Waals surface area contributed by atoms with Crippen molar-refractivity contribution in [1.29, 1.82) is 5.26 Å². The van der Waals surface area contributed by atoms with Gasteiger partial charge in [-0.05, 0) is 42.0 Å². The van der Waals surface area contributed by atoms with Crippen molar-refractivity contribution in [3.63, 3.8) is 0 Å². The molecule has 0 bridgehead atoms. The summed E-state index contributed by atoms with van der Waals surface area (Å²) in [5.41, 5.74) is 0. The van der Waals surface area contributed by atoms with Crippen molar-refractivity contribution in [3.8, 4) is 6.07 Å². The van der Waals surface area contributed by atoms with Crippen LogP contribution >= 0.6 is 11.8 Å². The average Bonchev–Trinajstić information content (AvgIpc) is 3.20. The SMILES string of the molecule is N#CC(Sc1nnnn1CC1CCCO1)C1CCCC1. The molecule has 2 unspecified atom stereocenters. The monoisotopic (exact) mass is 293 g/mol. The molecule has 2 atom stereocenters. The zero-order valence-electron chi connectivity index (χ0n) is 11.4. The largest absolute Gasteiger partial charge is 0.376 e. The lowest BCUT2D eigenvalue weighted by molar-refractivity contribution is 0.0911. The Hall–Kier alpha value is -1.13. The molecule has 1 aromatic heterocycles. The highest BCUT2D eigenvalue weighted by Crippen LogP contribution is 2.36. The van der Waals surface area contributed by atoms with Gasteiger partial charge in [-0.15, -0.1) is 5.10 Å². The van der Waals surface area contributed by atoms with Crippen molar-refractivity contribution in [3.05, 3.63) is 0 Å². The van der Waals surface area contributed by atoms with Crippen LogP contribution in [0.2, 0.25) is 0 Å². The van der Waals surface area contributed by atoms with E-state index in [1.54, 1.807) is 4.68 Å². The summed E-state index contributed by atoms with van der Waals surface area (Å²) in [5.74, 6) is 0.484. The lowest BCUT2D eigenvalue weighted by Gasteiger charge is -2.15. The average molecular weight is 293 g/mol. The number of thioether (sulfide) groups is 1. The van der Waals surface area contributed by atoms with Gasteiger partial charge in [0.25, 0.3) is 0 Å². The maximum absolute atomic E-state index is 9.39. The Labute approximate surface area is 122 Å². The summed E-state index contributed by atoms with van der Waals surface area (Å²) >= 11 is 1.51. The van der Waals surface area contributed by atoms with E-state index in [9.17, 15) is 5.26 Å². The molecule has 7 heteroatoms. The fraction of sp³-hybridized carbons (Fsp3) is 0.846. The number of hydrogen-bond donors (Lipinski definition) is 0. The third-order valence-corrected chi connectivity index (χ3v) is 5.33. The zero-order chi connectivity index (χ0) is 13.8. The highest BCUT2D eigenvalue weighted by molar-refractivity contribution is 8.00. The van der Waals surface area contributed by atoms with Crippen molar-refractivity contribution in [2.45, 2.75) is 61.6 Å². The Morgan fingerprint density at radius 1 is 1.35 bits per heavy atom. The maximum Gasteiger partial charge on any atom is 0.210 e. The molecule has 2 fully saturated rings. The number of aromatic nitrogens is 4. The van der Waals surface area contributed by atoms with Gasteiger partial charge in [0.05, 0.1) is 18.7 Å². The van der Waals surface area contributed by atoms with Crippen LogP contribution in [0.5, 0.6) is 0 Å². The molecule has 6 nitrogen and oxygen atoms in total. The molecule has 1 aliphatic heterocycles. The van der Waals surface area contributed by atoms with Gasteiger partial charge in [-0.1, -0.05) is 24.6 Å². The molecule has 108 valence electrons. The van der Waals surface area contributed by atoms with Crippen molar-refractivity contribution < 1.29 is 4.74 Å². The van der Waals surface area contributed by atoms with E-state index in [2.05, 4.69) is 21.6 Å². The van der Waals surface area contributed by atoms with Gasteiger partial charge in [0, 0.05) is 6.61 Å². The molecule has 0 aromatic carbocycles. The van der Waals surface area contributed by atoms with Crippen LogP contribution in [0.1, 0.15) is 38.5 Å². The van der Waals surface area contributed by atoms with Gasteiger partial charge in [0.1, 0.15) is 5.25 Å². The molecular formula is C13H19N5OS. The second-order valence-corrected chi connectivity index (χ2v) is 6.60. The number of nitriles is 1. The first-order valence-electron chi connectivity index (χ1n) is 7.31. The van der Waals surface area contributed by atoms with E-state index in [0.29, 0.717) is 12.5 Å². The second kappa shape index (κ2) is 6.55. The Morgan fingerprint density at radius 3 is 2.90 bits per heavy atom. The van der Waals surface area contributed by atoms with Crippen LogP contribution in [0.3, 0.4) is 0 Å². The third kappa shape index (κ3) is 3.13. The molecule has 0 radical (unpaired) electrons. The highest BCUT2D eigenvalue weighted by Gasteiger charge is 2.28. The van der Waals surface area contributed by atoms with E-state index in [0.717, 1.165) is 37.4 Å². The fourth-order valence-electron chi connectivity index (χ4n) is 2.98. The summed E-state index contributed by atoms with van der Waals surface area (Å²) in [7, 11) is 0. The third-order valence-electron chi connectivity index (χ3n) is 4.09. The van der Waals surface area contributed by atoms with Crippen LogP contribution < -0.4 is 0 Å². The number of rotatable bonds is 5. The van der Waals surface area contributed by atoms with Gasteiger partial charge in [-0.3, -0.25) is 0 Å². The predicted octanol–water partition coefficient (Wildman–Crippen LogP) is 2.03. The summed E-state index contributed by atoms with van der Waals surface area (Å²) in [6, 6.07) is 2.43. The minimum absolute atomic E-state index is 0.0354. The Morgan fingerprint density at radius 2 is 2.20 bits per heavy atom. The van der Waals surface area contributed by atoms with E-state index in [4.69, 9.17) is 4.74 Å². The quantitative estimate of drug-likeness (QED) is 0.773. The van der Waals surface area contributed by atoms with Crippen LogP contribution in [0, 0.1) is 17.2 Å². The molecule has 2 aliphatic rings. The van der Waals surface area contributed by atoms with E-state index in [-0.39, 0.29) is 11.4 Å². The number of tetrazole rings is 1. The van der Waals surface area contributed by atoms with Crippen LogP contribution in [-0.2, 0) is 11.3 Å². The molecule has 0 N–H and O–H groups in total. The van der Waals surface area contributed by atoms with Crippen LogP contribution in [0.4, 0.5) is 0 Å². The Kier molecular flexibility index (Phi) is 4.53. The fourth-order valence-corrected chi connectivity index (χ4v) is 4.04. The van der Waals surface area contributed by atoms with E-state index in [1.807, 2.05) is 0 Å². The summed E-state index contributed by atoms with van der Waals surface area (Å²) in [4.78, 5) is 0. The molecule has 0 spiro atoms. The summed E-state index contributed by atoms with van der Waals surface area (Å²) < 4.78 is 7.41. The first-order valence-corrected chi connectivity index (χ1v) is 8.19. The van der Waals surface area contributed by atoms with Gasteiger partial charge < -0.3 is 4.74 Å². The van der Waals surface area contributed by atoms with Crippen molar-refractivity contribution in [1.82, 2.24) is 20.2 Å². The van der Waals surface area contributed by atoms with Gasteiger partial charge in [-0.2, -0.15) is 5.26 Å². The maximum atomic E-state index is 9.39. The minimum atomic E-state index is -0.0354. The van der Waals surface area contributed by atoms with Crippen molar-refractivity contribution in [2.75, 3.05) is 6.61 Å². The van der Waals surface area contributed by atoms with Gasteiger partial charge in [-0.25, -0.2) is 4.68 Å². The lowest BCUT2D eigenvalue weighted by atomic mass is 10.1. The minimum Gasteiger partial charge on any atom is -0.376 e. The van der Waals surface area contributed by atoms with Crippen LogP contribution in [0.25, 0.3) is 0 Å². The standard InChI is InChI=1S/C13H19N5OS/c14-8-12(10-4-1-2-5-10)20-13-15-16-17-18(13)9-11-6-3-7-19-11/h10-12H,1-7,9H2. The summed E-state index contributed by atoms with van der Waals surface area (Å²) in [6.07, 6.45) is 7.17. The molecule has 0 amide bonds. The predicted molar refractivity (Wildman–Crippen MR) is 74.0 cm³/mol. The molecule has 1 saturated heterocycles. The smallest absolute Gasteiger partial charge is 0.210 e. The van der Waals surface area contributed by atoms with Crippen molar-refractivity contribution in [2.24, 2.45) is 5.92 Å². The summed E-state index contributed by atoms with van der Waals surface area (Å²) in [6.45, 7) is 1.52. The van der Waals surface area contributed by atoms with Crippen LogP contribution in [0.15, 0.2) is 5.16 Å². The first kappa shape index (κ1) is 13.8. The molecule has 1 aromatic rings. The number of nitrogens with zero attached hydrogens (tertiary/aromatic N) is 5. The lowest BCUT2D eigenvalue weighted by Crippen LogP contribution is -2.18. The van der Waals surface area contributed by atoms with E-state index < -0.39 is 0 Å². The van der Waals surface area contributed by atoms with Crippen LogP contribution in [-0.4, -0.2) is 38.2 Å². The molecule has 2 heterocycles. The number of ether oxygens (including phenoxy) is 1. The molecular weight excluding hydrogens is 274 g/mol. The molecule has 3 rings (SSSR count). The molecule has 1 aliphatic carbocycles. The second-order valence-electron chi connectivity index (χ2n) is 5.49. The van der Waals surface area contributed by atoms with Crippen molar-refractivity contribution >= 4 is 11.8 Å². The van der Waals surface area contributed by atoms with Gasteiger partial charge >= 0.3 is 0 Å². The first-order chi connectivity index (χ1) is 9.86. The topological polar surface area (TPSA) is 76.6 Å². The molecule has 20 heavy (non-hydrogen) atoms. The summed E-state index contributed by atoms with van der Waals surface area (Å²) in [5, 5.41) is 22.0. The van der Waals surface area contributed by atoms with Gasteiger partial charge in [0.2, 0.25) is 5.16 Å². The molecule has 1 saturated carbocycles.